The van der Waals surface area contributed by atoms with Gasteiger partial charge in [0, 0.05) is 5.56 Å². The van der Waals surface area contributed by atoms with Crippen LogP contribution in [0.4, 0.5) is 20.2 Å². The molecule has 25 heavy (non-hydrogen) atoms. The zero-order valence-corrected chi connectivity index (χ0v) is 12.5. The predicted octanol–water partition coefficient (Wildman–Crippen LogP) is 3.56. The summed E-state index contributed by atoms with van der Waals surface area (Å²) in [6, 6.07) is 7.84. The SMILES string of the molecule is O=C(O)c1ccc2c(c1)N=C(c1c(F)cccc1F)Nc1cn[nH]c1-2. The van der Waals surface area contributed by atoms with Gasteiger partial charge in [-0.1, -0.05) is 6.07 Å². The third-order valence-corrected chi connectivity index (χ3v) is 3.84. The first-order chi connectivity index (χ1) is 12.0. The van der Waals surface area contributed by atoms with Crippen molar-refractivity contribution < 1.29 is 18.7 Å². The number of rotatable bonds is 2. The molecule has 0 radical (unpaired) electrons. The first kappa shape index (κ1) is 15.0. The van der Waals surface area contributed by atoms with Gasteiger partial charge in [-0.25, -0.2) is 18.6 Å². The molecule has 8 heteroatoms. The number of aromatic nitrogens is 2. The highest BCUT2D eigenvalue weighted by molar-refractivity contribution is 6.13. The number of hydrogen-bond acceptors (Lipinski definition) is 4. The number of hydrogen-bond donors (Lipinski definition) is 3. The van der Waals surface area contributed by atoms with Crippen molar-refractivity contribution in [2.24, 2.45) is 4.99 Å². The van der Waals surface area contributed by atoms with Crippen molar-refractivity contribution in [3.63, 3.8) is 0 Å². The lowest BCUT2D eigenvalue weighted by Crippen LogP contribution is -2.16. The van der Waals surface area contributed by atoms with E-state index in [0.29, 0.717) is 16.9 Å². The van der Waals surface area contributed by atoms with E-state index in [1.807, 2.05) is 0 Å². The zero-order valence-electron chi connectivity index (χ0n) is 12.5. The average molecular weight is 340 g/mol. The van der Waals surface area contributed by atoms with Crippen molar-refractivity contribution in [3.8, 4) is 11.3 Å². The Hall–Kier alpha value is -3.55. The number of carbonyl (C=O) groups is 1. The summed E-state index contributed by atoms with van der Waals surface area (Å²) in [4.78, 5) is 15.5. The van der Waals surface area contributed by atoms with Gasteiger partial charge in [0.1, 0.15) is 17.5 Å². The highest BCUT2D eigenvalue weighted by Crippen LogP contribution is 2.37. The molecule has 0 spiro atoms. The monoisotopic (exact) mass is 340 g/mol. The van der Waals surface area contributed by atoms with E-state index < -0.39 is 17.6 Å². The topological polar surface area (TPSA) is 90.4 Å². The van der Waals surface area contributed by atoms with Gasteiger partial charge >= 0.3 is 5.97 Å². The second kappa shape index (κ2) is 5.52. The minimum atomic E-state index is -1.13. The first-order valence-electron chi connectivity index (χ1n) is 7.26. The summed E-state index contributed by atoms with van der Waals surface area (Å²) in [5.74, 6) is -2.76. The Morgan fingerprint density at radius 3 is 2.60 bits per heavy atom. The number of nitrogens with zero attached hydrogens (tertiary/aromatic N) is 2. The Labute approximate surface area is 139 Å². The fourth-order valence-electron chi connectivity index (χ4n) is 2.67. The van der Waals surface area contributed by atoms with Gasteiger partial charge in [-0.15, -0.1) is 0 Å². The van der Waals surface area contributed by atoms with Gasteiger partial charge in [-0.3, -0.25) is 5.10 Å². The maximum Gasteiger partial charge on any atom is 0.335 e. The molecule has 124 valence electrons. The van der Waals surface area contributed by atoms with Crippen LogP contribution in [-0.4, -0.2) is 27.1 Å². The zero-order chi connectivity index (χ0) is 17.6. The Morgan fingerprint density at radius 2 is 1.88 bits per heavy atom. The van der Waals surface area contributed by atoms with E-state index >= 15 is 0 Å². The quantitative estimate of drug-likeness (QED) is 0.665. The minimum Gasteiger partial charge on any atom is -0.478 e. The van der Waals surface area contributed by atoms with Gasteiger partial charge in [0.25, 0.3) is 0 Å². The number of halogens is 2. The van der Waals surface area contributed by atoms with Gasteiger partial charge in [0.15, 0.2) is 0 Å². The molecule has 3 aromatic rings. The maximum absolute atomic E-state index is 14.2. The van der Waals surface area contributed by atoms with E-state index in [2.05, 4.69) is 20.5 Å². The van der Waals surface area contributed by atoms with Crippen molar-refractivity contribution in [1.29, 1.82) is 0 Å². The van der Waals surface area contributed by atoms with Crippen molar-refractivity contribution in [3.05, 3.63) is 65.4 Å². The number of carboxylic acids is 1. The van der Waals surface area contributed by atoms with Crippen LogP contribution < -0.4 is 5.32 Å². The summed E-state index contributed by atoms with van der Waals surface area (Å²) in [7, 11) is 0. The molecule has 0 atom stereocenters. The summed E-state index contributed by atoms with van der Waals surface area (Å²) >= 11 is 0. The second-order valence-electron chi connectivity index (χ2n) is 5.38. The number of aromatic carboxylic acids is 1. The van der Waals surface area contributed by atoms with Crippen molar-refractivity contribution in [2.75, 3.05) is 5.32 Å². The minimum absolute atomic E-state index is 0.0128. The lowest BCUT2D eigenvalue weighted by atomic mass is 10.1. The fourth-order valence-corrected chi connectivity index (χ4v) is 2.67. The predicted molar refractivity (Wildman–Crippen MR) is 87.2 cm³/mol. The van der Waals surface area contributed by atoms with Crippen molar-refractivity contribution in [1.82, 2.24) is 10.2 Å². The van der Waals surface area contributed by atoms with Crippen LogP contribution in [0.3, 0.4) is 0 Å². The van der Waals surface area contributed by atoms with E-state index in [0.717, 1.165) is 12.1 Å². The van der Waals surface area contributed by atoms with Gasteiger partial charge in [-0.05, 0) is 30.3 Å². The van der Waals surface area contributed by atoms with E-state index in [4.69, 9.17) is 0 Å². The van der Waals surface area contributed by atoms with Crippen LogP contribution in [0.5, 0.6) is 0 Å². The van der Waals surface area contributed by atoms with Gasteiger partial charge in [0.2, 0.25) is 0 Å². The molecule has 0 bridgehead atoms. The Kier molecular flexibility index (Phi) is 3.31. The number of amidine groups is 1. The summed E-state index contributed by atoms with van der Waals surface area (Å²) in [5.41, 5.74) is 1.53. The largest absolute Gasteiger partial charge is 0.478 e. The van der Waals surface area contributed by atoms with Gasteiger partial charge in [-0.2, -0.15) is 5.10 Å². The molecule has 0 saturated heterocycles. The molecule has 0 unspecified atom stereocenters. The van der Waals surface area contributed by atoms with Crippen molar-refractivity contribution in [2.45, 2.75) is 0 Å². The lowest BCUT2D eigenvalue weighted by molar-refractivity contribution is 0.0697. The molecule has 0 aliphatic carbocycles. The van der Waals surface area contributed by atoms with Crippen LogP contribution in [0.15, 0.2) is 47.6 Å². The third-order valence-electron chi connectivity index (χ3n) is 3.84. The number of nitrogens with one attached hydrogen (secondary N) is 2. The van der Waals surface area contributed by atoms with Gasteiger partial charge < -0.3 is 10.4 Å². The van der Waals surface area contributed by atoms with Crippen LogP contribution >= 0.6 is 0 Å². The lowest BCUT2D eigenvalue weighted by Gasteiger charge is -2.09. The number of anilines is 1. The molecule has 0 fully saturated rings. The molecule has 0 amide bonds. The molecule has 1 aliphatic heterocycles. The van der Waals surface area contributed by atoms with E-state index in [-0.39, 0.29) is 22.6 Å². The van der Waals surface area contributed by atoms with E-state index in [1.165, 1.54) is 24.4 Å². The number of benzene rings is 2. The molecule has 0 saturated carbocycles. The Morgan fingerprint density at radius 1 is 1.12 bits per heavy atom. The number of aliphatic imine (C=N–C) groups is 1. The number of aromatic amines is 1. The highest BCUT2D eigenvalue weighted by Gasteiger charge is 2.23. The molecule has 6 nitrogen and oxygen atoms in total. The number of carboxylic acid groups (broad SMARTS) is 1. The standard InChI is InChI=1S/C17H10F2N4O2/c18-10-2-1-3-11(19)14(10)16-21-12-6-8(17(24)25)4-5-9(12)15-13(22-16)7-20-23-15/h1-7H,(H,20,23)(H,21,22)(H,24,25). The first-order valence-corrected chi connectivity index (χ1v) is 7.26. The Balaban J connectivity index is 1.99. The normalized spacial score (nSPS) is 12.5. The van der Waals surface area contributed by atoms with Gasteiger partial charge in [0.05, 0.1) is 34.4 Å². The summed E-state index contributed by atoms with van der Waals surface area (Å²) in [6.45, 7) is 0. The molecule has 1 aliphatic rings. The molecular formula is C17H10F2N4O2. The number of H-pyrrole nitrogens is 1. The third kappa shape index (κ3) is 2.44. The smallest absolute Gasteiger partial charge is 0.335 e. The average Bonchev–Trinajstić information content (AvgIpc) is 2.96. The molecule has 3 N–H and O–H groups in total. The summed E-state index contributed by atoms with van der Waals surface area (Å²) in [5, 5.41) is 18.8. The molecule has 2 aromatic carbocycles. The highest BCUT2D eigenvalue weighted by atomic mass is 19.1. The van der Waals surface area contributed by atoms with Crippen LogP contribution in [0, 0.1) is 11.6 Å². The van der Waals surface area contributed by atoms with Crippen LogP contribution in [-0.2, 0) is 0 Å². The molecular weight excluding hydrogens is 330 g/mol. The van der Waals surface area contributed by atoms with Crippen LogP contribution in [0.2, 0.25) is 0 Å². The summed E-state index contributed by atoms with van der Waals surface area (Å²) < 4.78 is 28.3. The molecule has 2 heterocycles. The number of fused-ring (bicyclic) bond motifs is 3. The Bertz CT molecular complexity index is 1020. The second-order valence-corrected chi connectivity index (χ2v) is 5.38. The summed E-state index contributed by atoms with van der Waals surface area (Å²) in [6.07, 6.45) is 1.46. The van der Waals surface area contributed by atoms with Crippen molar-refractivity contribution >= 4 is 23.2 Å². The van der Waals surface area contributed by atoms with Crippen LogP contribution in [0.1, 0.15) is 15.9 Å². The van der Waals surface area contributed by atoms with E-state index in [9.17, 15) is 18.7 Å². The fraction of sp³-hybridized carbons (Fsp3) is 0. The van der Waals surface area contributed by atoms with E-state index in [1.54, 1.807) is 6.07 Å². The molecule has 4 rings (SSSR count). The van der Waals surface area contributed by atoms with Crippen LogP contribution in [0.25, 0.3) is 11.3 Å². The molecule has 1 aromatic heterocycles. The maximum atomic E-state index is 14.2.